The van der Waals surface area contributed by atoms with Crippen molar-refractivity contribution in [2.75, 3.05) is 5.75 Å². The van der Waals surface area contributed by atoms with Crippen LogP contribution in [0, 0.1) is 0 Å². The Labute approximate surface area is 174 Å². The molecule has 150 valence electrons. The Balaban J connectivity index is 1.36. The van der Waals surface area contributed by atoms with E-state index in [-0.39, 0.29) is 30.2 Å². The van der Waals surface area contributed by atoms with Crippen LogP contribution in [0.5, 0.6) is 0 Å². The number of hydrogen-bond donors (Lipinski definition) is 3. The van der Waals surface area contributed by atoms with Crippen molar-refractivity contribution in [2.45, 2.75) is 51.0 Å². The van der Waals surface area contributed by atoms with Gasteiger partial charge in [-0.2, -0.15) is 5.10 Å². The third-order valence-electron chi connectivity index (χ3n) is 5.33. The predicted molar refractivity (Wildman–Crippen MR) is 113 cm³/mol. The van der Waals surface area contributed by atoms with Crippen LogP contribution in [0.1, 0.15) is 38.3 Å². The fourth-order valence-corrected chi connectivity index (χ4v) is 4.52. The van der Waals surface area contributed by atoms with Gasteiger partial charge in [0.25, 0.3) is 0 Å². The van der Waals surface area contributed by atoms with Gasteiger partial charge in [-0.05, 0) is 37.5 Å². The smallest absolute Gasteiger partial charge is 0.230 e. The summed E-state index contributed by atoms with van der Waals surface area (Å²) in [5, 5.41) is 11.2. The quantitative estimate of drug-likeness (QED) is 0.680. The fourth-order valence-electron chi connectivity index (χ4n) is 3.61. The molecule has 1 aromatic carbocycles. The molecule has 0 bridgehead atoms. The topological polar surface area (TPSA) is 72.0 Å². The van der Waals surface area contributed by atoms with Gasteiger partial charge in [-0.3, -0.25) is 10.2 Å². The molecule has 1 saturated heterocycles. The van der Waals surface area contributed by atoms with Crippen molar-refractivity contribution < 1.29 is 4.79 Å². The predicted octanol–water partition coefficient (Wildman–Crippen LogP) is 2.60. The first kappa shape index (κ1) is 19.4. The van der Waals surface area contributed by atoms with Crippen molar-refractivity contribution in [3.8, 4) is 0 Å². The molecule has 1 aromatic rings. The number of rotatable bonds is 5. The summed E-state index contributed by atoms with van der Waals surface area (Å²) in [6.07, 6.45) is 5.97. The minimum Gasteiger partial charge on any atom is -0.353 e. The number of fused-ring (bicyclic) bond motifs is 3. The van der Waals surface area contributed by atoms with E-state index >= 15 is 0 Å². The molecule has 3 aliphatic rings. The lowest BCUT2D eigenvalue weighted by atomic mass is 10.00. The van der Waals surface area contributed by atoms with Gasteiger partial charge in [-0.25, -0.2) is 5.43 Å². The number of hydrogen-bond acceptors (Lipinski definition) is 7. The number of hydrazone groups is 1. The zero-order valence-corrected chi connectivity index (χ0v) is 17.5. The molecule has 0 radical (unpaired) electrons. The van der Waals surface area contributed by atoms with Gasteiger partial charge in [-0.15, -0.1) is 0 Å². The van der Waals surface area contributed by atoms with E-state index < -0.39 is 0 Å². The first-order valence-electron chi connectivity index (χ1n) is 9.57. The third kappa shape index (κ3) is 3.94. The van der Waals surface area contributed by atoms with Gasteiger partial charge in [0.15, 0.2) is 5.17 Å². The first-order chi connectivity index (χ1) is 13.5. The average molecular weight is 421 g/mol. The molecule has 4 rings (SSSR count). The van der Waals surface area contributed by atoms with Crippen LogP contribution in [0.3, 0.4) is 0 Å². The van der Waals surface area contributed by atoms with Gasteiger partial charge in [0.05, 0.1) is 17.8 Å². The van der Waals surface area contributed by atoms with Crippen LogP contribution in [0.2, 0.25) is 5.02 Å². The molecule has 3 unspecified atom stereocenters. The standard InChI is InChI=1S/C19H25ClN6OS/c1-3-12(2)21-17(27)11-28-19-23-22-18-16-10-15(13-4-6-14(20)7-5-13)24-26(16)9-8-25(18)19/h4-9,12,15-16,18,22,24H,3,10-11H2,1-2H3,(H,21,27)/t12-,15?,16?,18?/m0/s1. The molecule has 0 saturated carbocycles. The van der Waals surface area contributed by atoms with Crippen molar-refractivity contribution >= 4 is 34.4 Å². The summed E-state index contributed by atoms with van der Waals surface area (Å²) >= 11 is 7.47. The molecule has 4 atom stereocenters. The summed E-state index contributed by atoms with van der Waals surface area (Å²) in [6, 6.07) is 8.64. The van der Waals surface area contributed by atoms with E-state index in [1.165, 1.54) is 17.3 Å². The molecule has 28 heavy (non-hydrogen) atoms. The molecule has 1 amide bonds. The number of halogens is 1. The maximum absolute atomic E-state index is 12.1. The molecule has 0 aliphatic carbocycles. The Morgan fingerprint density at radius 3 is 2.93 bits per heavy atom. The van der Waals surface area contributed by atoms with Crippen LogP contribution in [0.4, 0.5) is 0 Å². The summed E-state index contributed by atoms with van der Waals surface area (Å²) in [6.45, 7) is 4.07. The second kappa shape index (κ2) is 8.23. The monoisotopic (exact) mass is 420 g/mol. The van der Waals surface area contributed by atoms with Crippen LogP contribution >= 0.6 is 23.4 Å². The average Bonchev–Trinajstić information content (AvgIpc) is 3.30. The van der Waals surface area contributed by atoms with Gasteiger partial charge in [0.1, 0.15) is 6.17 Å². The Morgan fingerprint density at radius 1 is 1.39 bits per heavy atom. The maximum Gasteiger partial charge on any atom is 0.230 e. The number of amidine groups is 1. The highest BCUT2D eigenvalue weighted by molar-refractivity contribution is 8.14. The van der Waals surface area contributed by atoms with Crippen LogP contribution in [-0.2, 0) is 4.79 Å². The van der Waals surface area contributed by atoms with Crippen molar-refractivity contribution in [2.24, 2.45) is 5.10 Å². The minimum absolute atomic E-state index is 0.0402. The largest absolute Gasteiger partial charge is 0.353 e. The van der Waals surface area contributed by atoms with Crippen molar-refractivity contribution in [3.05, 3.63) is 47.3 Å². The Hall–Kier alpha value is -1.90. The second-order valence-electron chi connectivity index (χ2n) is 7.28. The Bertz CT molecular complexity index is 785. The van der Waals surface area contributed by atoms with E-state index in [9.17, 15) is 4.79 Å². The van der Waals surface area contributed by atoms with Crippen molar-refractivity contribution in [1.82, 2.24) is 26.1 Å². The lowest BCUT2D eigenvalue weighted by Crippen LogP contribution is -2.54. The van der Waals surface area contributed by atoms with Crippen LogP contribution < -0.4 is 16.2 Å². The van der Waals surface area contributed by atoms with Gasteiger partial charge in [0.2, 0.25) is 5.91 Å². The number of hydrazine groups is 1. The summed E-state index contributed by atoms with van der Waals surface area (Å²) in [5.41, 5.74) is 8.01. The van der Waals surface area contributed by atoms with E-state index in [0.717, 1.165) is 23.0 Å². The third-order valence-corrected chi connectivity index (χ3v) is 6.55. The molecule has 0 aromatic heterocycles. The fraction of sp³-hybridized carbons (Fsp3) is 0.474. The van der Waals surface area contributed by atoms with Crippen molar-refractivity contribution in [1.29, 1.82) is 0 Å². The van der Waals surface area contributed by atoms with E-state index in [0.29, 0.717) is 5.75 Å². The lowest BCUT2D eigenvalue weighted by Gasteiger charge is -2.36. The van der Waals surface area contributed by atoms with Gasteiger partial charge in [0, 0.05) is 23.5 Å². The molecule has 1 fully saturated rings. The zero-order valence-electron chi connectivity index (χ0n) is 15.9. The molecule has 3 aliphatic heterocycles. The van der Waals surface area contributed by atoms with Gasteiger partial charge in [-0.1, -0.05) is 42.4 Å². The van der Waals surface area contributed by atoms with Gasteiger partial charge >= 0.3 is 0 Å². The molecule has 0 spiro atoms. The molecule has 9 heteroatoms. The molecular formula is C19H25ClN6OS. The Morgan fingerprint density at radius 2 is 2.18 bits per heavy atom. The Kier molecular flexibility index (Phi) is 5.70. The SMILES string of the molecule is CC[C@H](C)NC(=O)CSC1=NNC2C3CC(c4ccc(Cl)cc4)NN3C=CN12. The summed E-state index contributed by atoms with van der Waals surface area (Å²) in [5.74, 6) is 0.403. The summed E-state index contributed by atoms with van der Waals surface area (Å²) in [4.78, 5) is 14.2. The lowest BCUT2D eigenvalue weighted by molar-refractivity contribution is -0.119. The van der Waals surface area contributed by atoms with Crippen LogP contribution in [0.15, 0.2) is 41.8 Å². The van der Waals surface area contributed by atoms with Crippen LogP contribution in [-0.4, -0.2) is 45.0 Å². The van der Waals surface area contributed by atoms with Gasteiger partial charge < -0.3 is 15.2 Å². The molecular weight excluding hydrogens is 396 g/mol. The van der Waals surface area contributed by atoms with E-state index in [4.69, 9.17) is 11.6 Å². The number of benzene rings is 1. The number of nitrogens with zero attached hydrogens (tertiary/aromatic N) is 3. The summed E-state index contributed by atoms with van der Waals surface area (Å²) in [7, 11) is 0. The highest BCUT2D eigenvalue weighted by Crippen LogP contribution is 2.35. The minimum atomic E-state index is 0.0402. The highest BCUT2D eigenvalue weighted by atomic mass is 35.5. The number of carbonyl (C=O) groups is 1. The van der Waals surface area contributed by atoms with Crippen molar-refractivity contribution in [3.63, 3.8) is 0 Å². The van der Waals surface area contributed by atoms with E-state index in [1.54, 1.807) is 0 Å². The molecule has 3 heterocycles. The summed E-state index contributed by atoms with van der Waals surface area (Å²) < 4.78 is 0. The van der Waals surface area contributed by atoms with E-state index in [2.05, 4.69) is 50.2 Å². The number of amides is 1. The molecule has 3 N–H and O–H groups in total. The zero-order chi connectivity index (χ0) is 19.7. The molecule has 7 nitrogen and oxygen atoms in total. The maximum atomic E-state index is 12.1. The highest BCUT2D eigenvalue weighted by Gasteiger charge is 2.44. The number of nitrogens with one attached hydrogen (secondary N) is 3. The van der Waals surface area contributed by atoms with Crippen LogP contribution in [0.25, 0.3) is 0 Å². The first-order valence-corrected chi connectivity index (χ1v) is 10.9. The second-order valence-corrected chi connectivity index (χ2v) is 8.66. The number of carbonyl (C=O) groups excluding carboxylic acids is 1. The van der Waals surface area contributed by atoms with E-state index in [1.807, 2.05) is 31.5 Å². The normalized spacial score (nSPS) is 26.4. The number of thioether (sulfide) groups is 1.